The van der Waals surface area contributed by atoms with Gasteiger partial charge in [-0.25, -0.2) is 0 Å². The van der Waals surface area contributed by atoms with Crippen LogP contribution in [0, 0.1) is 5.92 Å². The number of nitrogens with zero attached hydrogens (tertiary/aromatic N) is 1. The molecular formula is C15H23ClN2O2. The smallest absolute Gasteiger partial charge is 0.227 e. The van der Waals surface area contributed by atoms with E-state index in [0.29, 0.717) is 19.6 Å². The minimum Gasteiger partial charge on any atom is -0.497 e. The van der Waals surface area contributed by atoms with Gasteiger partial charge < -0.3 is 15.4 Å². The van der Waals surface area contributed by atoms with E-state index in [0.717, 1.165) is 11.3 Å². The highest BCUT2D eigenvalue weighted by atomic mass is 35.5. The average Bonchev–Trinajstić information content (AvgIpc) is 2.46. The standard InChI is InChI=1S/C15H22N2O2.ClH/c1-4-9-17(15(18)12(2)10-16)11-13-5-7-14(19-3)8-6-13;/h4-8,12H,1,9-11,16H2,2-3H3;1H. The van der Waals surface area contributed by atoms with Crippen LogP contribution in [0.25, 0.3) is 0 Å². The molecule has 1 unspecified atom stereocenters. The minimum absolute atomic E-state index is 0. The number of hydrogen-bond donors (Lipinski definition) is 1. The molecule has 0 aliphatic carbocycles. The molecule has 0 heterocycles. The van der Waals surface area contributed by atoms with Crippen LogP contribution in [0.4, 0.5) is 0 Å². The summed E-state index contributed by atoms with van der Waals surface area (Å²) in [7, 11) is 1.63. The van der Waals surface area contributed by atoms with Gasteiger partial charge in [0, 0.05) is 25.6 Å². The summed E-state index contributed by atoms with van der Waals surface area (Å²) in [6, 6.07) is 7.68. The molecule has 5 heteroatoms. The van der Waals surface area contributed by atoms with Crippen molar-refractivity contribution in [3.8, 4) is 5.75 Å². The van der Waals surface area contributed by atoms with E-state index in [1.165, 1.54) is 0 Å². The molecule has 1 aromatic carbocycles. The summed E-state index contributed by atoms with van der Waals surface area (Å²) >= 11 is 0. The third-order valence-corrected chi connectivity index (χ3v) is 2.97. The maximum atomic E-state index is 12.2. The Morgan fingerprint density at radius 1 is 1.45 bits per heavy atom. The third kappa shape index (κ3) is 5.23. The summed E-state index contributed by atoms with van der Waals surface area (Å²) in [6.45, 7) is 6.97. The number of hydrogen-bond acceptors (Lipinski definition) is 3. The lowest BCUT2D eigenvalue weighted by molar-refractivity contribution is -0.134. The van der Waals surface area contributed by atoms with Gasteiger partial charge in [-0.2, -0.15) is 0 Å². The van der Waals surface area contributed by atoms with Crippen molar-refractivity contribution in [2.45, 2.75) is 13.5 Å². The van der Waals surface area contributed by atoms with Crippen LogP contribution in [0.2, 0.25) is 0 Å². The van der Waals surface area contributed by atoms with Gasteiger partial charge in [0.2, 0.25) is 5.91 Å². The molecule has 1 amide bonds. The molecule has 112 valence electrons. The molecule has 0 aromatic heterocycles. The van der Waals surface area contributed by atoms with Crippen LogP contribution in [0.3, 0.4) is 0 Å². The van der Waals surface area contributed by atoms with Crippen molar-refractivity contribution < 1.29 is 9.53 Å². The monoisotopic (exact) mass is 298 g/mol. The maximum absolute atomic E-state index is 12.2. The lowest BCUT2D eigenvalue weighted by atomic mass is 10.1. The Hall–Kier alpha value is -1.52. The summed E-state index contributed by atoms with van der Waals surface area (Å²) in [5.41, 5.74) is 6.60. The number of carbonyl (C=O) groups excluding carboxylic acids is 1. The molecule has 0 saturated heterocycles. The number of amides is 1. The molecule has 0 fully saturated rings. The molecule has 0 radical (unpaired) electrons. The van der Waals surface area contributed by atoms with E-state index < -0.39 is 0 Å². The molecular weight excluding hydrogens is 276 g/mol. The van der Waals surface area contributed by atoms with E-state index >= 15 is 0 Å². The van der Waals surface area contributed by atoms with Crippen LogP contribution in [0.15, 0.2) is 36.9 Å². The lowest BCUT2D eigenvalue weighted by Gasteiger charge is -2.24. The number of rotatable bonds is 7. The minimum atomic E-state index is -0.168. The normalized spacial score (nSPS) is 11.2. The van der Waals surface area contributed by atoms with Crippen LogP contribution >= 0.6 is 12.4 Å². The summed E-state index contributed by atoms with van der Waals surface area (Å²) in [5, 5.41) is 0. The van der Waals surface area contributed by atoms with Crippen molar-refractivity contribution in [1.82, 2.24) is 4.90 Å². The van der Waals surface area contributed by atoms with Crippen molar-refractivity contribution >= 4 is 18.3 Å². The number of carbonyl (C=O) groups is 1. The Labute approximate surface area is 127 Å². The molecule has 1 atom stereocenters. The van der Waals surface area contributed by atoms with Gasteiger partial charge >= 0.3 is 0 Å². The van der Waals surface area contributed by atoms with Gasteiger partial charge in [0.1, 0.15) is 5.75 Å². The molecule has 0 aliphatic heterocycles. The van der Waals surface area contributed by atoms with Crippen LogP contribution in [0.5, 0.6) is 5.75 Å². The van der Waals surface area contributed by atoms with E-state index in [9.17, 15) is 4.79 Å². The lowest BCUT2D eigenvalue weighted by Crippen LogP contribution is -2.37. The van der Waals surface area contributed by atoms with Crippen molar-refractivity contribution in [2.24, 2.45) is 11.7 Å². The molecule has 1 aromatic rings. The number of nitrogens with two attached hydrogens (primary N) is 1. The van der Waals surface area contributed by atoms with Crippen molar-refractivity contribution in [2.75, 3.05) is 20.2 Å². The Bertz CT molecular complexity index is 420. The molecule has 0 spiro atoms. The largest absolute Gasteiger partial charge is 0.497 e. The highest BCUT2D eigenvalue weighted by Crippen LogP contribution is 2.14. The maximum Gasteiger partial charge on any atom is 0.227 e. The second-order valence-corrected chi connectivity index (χ2v) is 4.49. The van der Waals surface area contributed by atoms with Crippen LogP contribution < -0.4 is 10.5 Å². The van der Waals surface area contributed by atoms with E-state index in [1.54, 1.807) is 18.1 Å². The number of benzene rings is 1. The molecule has 20 heavy (non-hydrogen) atoms. The van der Waals surface area contributed by atoms with E-state index in [4.69, 9.17) is 10.5 Å². The molecule has 1 rings (SSSR count). The average molecular weight is 299 g/mol. The fourth-order valence-corrected chi connectivity index (χ4v) is 1.75. The van der Waals surface area contributed by atoms with Gasteiger partial charge in [-0.05, 0) is 17.7 Å². The predicted molar refractivity (Wildman–Crippen MR) is 84.1 cm³/mol. The van der Waals surface area contributed by atoms with E-state index in [2.05, 4.69) is 6.58 Å². The van der Waals surface area contributed by atoms with E-state index in [1.807, 2.05) is 31.2 Å². The predicted octanol–water partition coefficient (Wildman–Crippen LogP) is 2.23. The molecule has 4 nitrogen and oxygen atoms in total. The zero-order valence-electron chi connectivity index (χ0n) is 12.0. The Morgan fingerprint density at radius 3 is 2.50 bits per heavy atom. The van der Waals surface area contributed by atoms with Gasteiger partial charge in [0.25, 0.3) is 0 Å². The molecule has 0 bridgehead atoms. The zero-order chi connectivity index (χ0) is 14.3. The highest BCUT2D eigenvalue weighted by molar-refractivity contribution is 5.85. The number of ether oxygens (including phenoxy) is 1. The molecule has 2 N–H and O–H groups in total. The van der Waals surface area contributed by atoms with E-state index in [-0.39, 0.29) is 24.2 Å². The first kappa shape index (κ1) is 18.5. The fourth-order valence-electron chi connectivity index (χ4n) is 1.75. The summed E-state index contributed by atoms with van der Waals surface area (Å²) in [6.07, 6.45) is 1.73. The summed E-state index contributed by atoms with van der Waals surface area (Å²) in [5.74, 6) is 0.692. The van der Waals surface area contributed by atoms with Crippen LogP contribution in [-0.2, 0) is 11.3 Å². The summed E-state index contributed by atoms with van der Waals surface area (Å²) < 4.78 is 5.11. The van der Waals surface area contributed by atoms with Gasteiger partial charge in [0.15, 0.2) is 0 Å². The summed E-state index contributed by atoms with van der Waals surface area (Å²) in [4.78, 5) is 13.9. The first-order valence-corrected chi connectivity index (χ1v) is 6.35. The second-order valence-electron chi connectivity index (χ2n) is 4.49. The first-order chi connectivity index (χ1) is 9.12. The van der Waals surface area contributed by atoms with Crippen LogP contribution in [-0.4, -0.2) is 31.0 Å². The third-order valence-electron chi connectivity index (χ3n) is 2.97. The Kier molecular flexibility index (Phi) is 8.68. The number of methoxy groups -OCH3 is 1. The topological polar surface area (TPSA) is 55.6 Å². The number of halogens is 1. The van der Waals surface area contributed by atoms with Gasteiger partial charge in [-0.3, -0.25) is 4.79 Å². The highest BCUT2D eigenvalue weighted by Gasteiger charge is 2.18. The van der Waals surface area contributed by atoms with Gasteiger partial charge in [-0.15, -0.1) is 19.0 Å². The quantitative estimate of drug-likeness (QED) is 0.785. The van der Waals surface area contributed by atoms with Crippen molar-refractivity contribution in [1.29, 1.82) is 0 Å². The fraction of sp³-hybridized carbons (Fsp3) is 0.400. The van der Waals surface area contributed by atoms with Crippen molar-refractivity contribution in [3.05, 3.63) is 42.5 Å². The van der Waals surface area contributed by atoms with Crippen LogP contribution in [0.1, 0.15) is 12.5 Å². The zero-order valence-corrected chi connectivity index (χ0v) is 12.9. The van der Waals surface area contributed by atoms with Gasteiger partial charge in [0.05, 0.1) is 7.11 Å². The molecule has 0 saturated carbocycles. The SMILES string of the molecule is C=CCN(Cc1ccc(OC)cc1)C(=O)C(C)CN.Cl. The molecule has 0 aliphatic rings. The first-order valence-electron chi connectivity index (χ1n) is 6.35. The Morgan fingerprint density at radius 2 is 2.05 bits per heavy atom. The second kappa shape index (κ2) is 9.39. The Balaban J connectivity index is 0.00000361. The van der Waals surface area contributed by atoms with Gasteiger partial charge in [-0.1, -0.05) is 25.1 Å². The van der Waals surface area contributed by atoms with Crippen molar-refractivity contribution in [3.63, 3.8) is 0 Å².